The fourth-order valence-corrected chi connectivity index (χ4v) is 3.20. The molecule has 1 aromatic heterocycles. The van der Waals surface area contributed by atoms with E-state index in [4.69, 9.17) is 0 Å². The van der Waals surface area contributed by atoms with Crippen LogP contribution in [0.1, 0.15) is 6.92 Å². The molecule has 1 nitrogen and oxygen atoms in total. The smallest absolute Gasteiger partial charge is 0.199 e. The summed E-state index contributed by atoms with van der Waals surface area (Å²) in [5.41, 5.74) is 1.30. The van der Waals surface area contributed by atoms with Gasteiger partial charge in [-0.3, -0.25) is 0 Å². The Labute approximate surface area is 117 Å². The van der Waals surface area contributed by atoms with Gasteiger partial charge >= 0.3 is 0 Å². The maximum Gasteiger partial charge on any atom is 0.213 e. The van der Waals surface area contributed by atoms with Gasteiger partial charge in [0.15, 0.2) is 6.20 Å². The third-order valence-corrected chi connectivity index (χ3v) is 4.28. The van der Waals surface area contributed by atoms with Crippen LogP contribution in [0.5, 0.6) is 0 Å². The monoisotopic (exact) mass is 266 g/mol. The minimum absolute atomic E-state index is 0.997. The first-order valence-corrected chi connectivity index (χ1v) is 7.34. The minimum atomic E-state index is 0.997. The second-order valence-electron chi connectivity index (χ2n) is 4.40. The Hall–Kier alpha value is -1.80. The Kier molecular flexibility index (Phi) is 3.51. The second-order valence-corrected chi connectivity index (χ2v) is 5.51. The van der Waals surface area contributed by atoms with Gasteiger partial charge in [0.05, 0.1) is 5.39 Å². The van der Waals surface area contributed by atoms with Crippen LogP contribution in [0.25, 0.3) is 10.9 Å². The summed E-state index contributed by atoms with van der Waals surface area (Å²) in [6.45, 7) is 3.17. The third kappa shape index (κ3) is 2.49. The van der Waals surface area contributed by atoms with Gasteiger partial charge < -0.3 is 0 Å². The van der Waals surface area contributed by atoms with E-state index in [2.05, 4.69) is 78.4 Å². The molecule has 2 aromatic carbocycles. The zero-order valence-electron chi connectivity index (χ0n) is 10.9. The molecule has 3 rings (SSSR count). The number of aryl methyl sites for hydroxylation is 1. The summed E-state index contributed by atoms with van der Waals surface area (Å²) in [5, 5.41) is 1.32. The molecule has 0 unspecified atom stereocenters. The summed E-state index contributed by atoms with van der Waals surface area (Å²) >= 11 is 1.82. The highest BCUT2D eigenvalue weighted by Crippen LogP contribution is 2.31. The quantitative estimate of drug-likeness (QED) is 0.639. The number of pyridine rings is 1. The molecule has 0 bridgehead atoms. The maximum atomic E-state index is 2.28. The van der Waals surface area contributed by atoms with Gasteiger partial charge in [-0.25, -0.2) is 0 Å². The standard InChI is InChI=1S/C17H16NS/c1-2-18-13-12-17(15-10-6-7-11-16(15)18)19-14-8-4-3-5-9-14/h3-13H,2H2,1H3/q+1. The number of benzene rings is 2. The second kappa shape index (κ2) is 5.45. The fraction of sp³-hybridized carbons (Fsp3) is 0.118. The van der Waals surface area contributed by atoms with E-state index in [-0.39, 0.29) is 0 Å². The van der Waals surface area contributed by atoms with Crippen molar-refractivity contribution >= 4 is 22.7 Å². The van der Waals surface area contributed by atoms with E-state index in [1.54, 1.807) is 0 Å². The Morgan fingerprint density at radius 3 is 2.42 bits per heavy atom. The Morgan fingerprint density at radius 2 is 1.63 bits per heavy atom. The van der Waals surface area contributed by atoms with Crippen LogP contribution >= 0.6 is 11.8 Å². The van der Waals surface area contributed by atoms with E-state index in [0.717, 1.165) is 6.54 Å². The predicted molar refractivity (Wildman–Crippen MR) is 80.4 cm³/mol. The largest absolute Gasteiger partial charge is 0.213 e. The average molecular weight is 266 g/mol. The molecular formula is C17H16NS+. The molecule has 3 aromatic rings. The van der Waals surface area contributed by atoms with Crippen molar-refractivity contribution in [2.45, 2.75) is 23.3 Å². The zero-order valence-corrected chi connectivity index (χ0v) is 11.7. The lowest BCUT2D eigenvalue weighted by atomic mass is 10.2. The third-order valence-electron chi connectivity index (χ3n) is 3.20. The van der Waals surface area contributed by atoms with Crippen LogP contribution in [-0.4, -0.2) is 0 Å². The van der Waals surface area contributed by atoms with Crippen molar-refractivity contribution in [3.05, 3.63) is 66.9 Å². The average Bonchev–Trinajstić information content (AvgIpc) is 2.49. The molecule has 0 aliphatic carbocycles. The van der Waals surface area contributed by atoms with Crippen molar-refractivity contribution < 1.29 is 4.57 Å². The van der Waals surface area contributed by atoms with Gasteiger partial charge in [0.25, 0.3) is 0 Å². The van der Waals surface area contributed by atoms with Crippen molar-refractivity contribution in [3.8, 4) is 0 Å². The van der Waals surface area contributed by atoms with Gasteiger partial charge in [-0.05, 0) is 25.1 Å². The highest BCUT2D eigenvalue weighted by Gasteiger charge is 2.11. The molecule has 0 amide bonds. The number of fused-ring (bicyclic) bond motifs is 1. The van der Waals surface area contributed by atoms with Crippen molar-refractivity contribution in [2.75, 3.05) is 0 Å². The van der Waals surface area contributed by atoms with Crippen LogP contribution in [0.2, 0.25) is 0 Å². The lowest BCUT2D eigenvalue weighted by molar-refractivity contribution is -0.668. The number of aromatic nitrogens is 1. The van der Waals surface area contributed by atoms with E-state index in [1.807, 2.05) is 11.8 Å². The summed E-state index contributed by atoms with van der Waals surface area (Å²) in [6.07, 6.45) is 2.17. The first kappa shape index (κ1) is 12.2. The van der Waals surface area contributed by atoms with Gasteiger partial charge in [-0.15, -0.1) is 0 Å². The Bertz CT molecular complexity index is 692. The fourth-order valence-electron chi connectivity index (χ4n) is 2.24. The molecule has 0 fully saturated rings. The number of hydrogen-bond donors (Lipinski definition) is 0. The van der Waals surface area contributed by atoms with Crippen molar-refractivity contribution in [2.24, 2.45) is 0 Å². The van der Waals surface area contributed by atoms with Gasteiger partial charge in [0, 0.05) is 21.9 Å². The number of rotatable bonds is 3. The first-order chi connectivity index (χ1) is 9.38. The molecule has 19 heavy (non-hydrogen) atoms. The van der Waals surface area contributed by atoms with Crippen LogP contribution < -0.4 is 4.57 Å². The molecule has 0 aliphatic rings. The summed E-state index contributed by atoms with van der Waals surface area (Å²) in [6, 6.07) is 21.3. The molecule has 0 atom stereocenters. The normalized spacial score (nSPS) is 10.8. The summed E-state index contributed by atoms with van der Waals surface area (Å²) in [7, 11) is 0. The number of para-hydroxylation sites is 1. The molecular weight excluding hydrogens is 250 g/mol. The van der Waals surface area contributed by atoms with Gasteiger partial charge in [0.1, 0.15) is 6.54 Å². The minimum Gasteiger partial charge on any atom is -0.199 e. The zero-order chi connectivity index (χ0) is 13.1. The molecule has 94 valence electrons. The van der Waals surface area contributed by atoms with Gasteiger partial charge in [-0.1, -0.05) is 42.1 Å². The highest BCUT2D eigenvalue weighted by molar-refractivity contribution is 7.99. The van der Waals surface area contributed by atoms with E-state index in [1.165, 1.54) is 20.7 Å². The first-order valence-electron chi connectivity index (χ1n) is 6.52. The molecule has 0 N–H and O–H groups in total. The number of nitrogens with zero attached hydrogens (tertiary/aromatic N) is 1. The van der Waals surface area contributed by atoms with Crippen molar-refractivity contribution in [1.29, 1.82) is 0 Å². The van der Waals surface area contributed by atoms with Crippen LogP contribution in [0.15, 0.2) is 76.7 Å². The molecule has 0 radical (unpaired) electrons. The van der Waals surface area contributed by atoms with Crippen molar-refractivity contribution in [3.63, 3.8) is 0 Å². The SMILES string of the molecule is CC[n+]1ccc(Sc2ccccc2)c2ccccc21. The molecule has 0 saturated carbocycles. The predicted octanol–water partition coefficient (Wildman–Crippen LogP) is 4.30. The van der Waals surface area contributed by atoms with E-state index >= 15 is 0 Å². The van der Waals surface area contributed by atoms with E-state index in [0.29, 0.717) is 0 Å². The lowest BCUT2D eigenvalue weighted by Crippen LogP contribution is -2.32. The molecule has 0 saturated heterocycles. The summed E-state index contributed by atoms with van der Waals surface area (Å²) in [4.78, 5) is 2.59. The molecule has 0 spiro atoms. The lowest BCUT2D eigenvalue weighted by Gasteiger charge is -2.05. The molecule has 2 heteroatoms. The van der Waals surface area contributed by atoms with E-state index < -0.39 is 0 Å². The van der Waals surface area contributed by atoms with Crippen LogP contribution in [0.4, 0.5) is 0 Å². The Morgan fingerprint density at radius 1 is 0.895 bits per heavy atom. The Balaban J connectivity index is 2.10. The highest BCUT2D eigenvalue weighted by atomic mass is 32.2. The van der Waals surface area contributed by atoms with Crippen LogP contribution in [0.3, 0.4) is 0 Å². The van der Waals surface area contributed by atoms with Crippen molar-refractivity contribution in [1.82, 2.24) is 0 Å². The maximum absolute atomic E-state index is 2.28. The topological polar surface area (TPSA) is 3.88 Å². The molecule has 0 aliphatic heterocycles. The summed E-state index contributed by atoms with van der Waals surface area (Å²) in [5.74, 6) is 0. The van der Waals surface area contributed by atoms with E-state index in [9.17, 15) is 0 Å². The van der Waals surface area contributed by atoms with Gasteiger partial charge in [0.2, 0.25) is 5.52 Å². The van der Waals surface area contributed by atoms with Gasteiger partial charge in [-0.2, -0.15) is 4.57 Å². The molecule has 1 heterocycles. The van der Waals surface area contributed by atoms with Crippen LogP contribution in [-0.2, 0) is 6.54 Å². The number of hydrogen-bond acceptors (Lipinski definition) is 1. The van der Waals surface area contributed by atoms with Crippen LogP contribution in [0, 0.1) is 0 Å². The summed E-state index contributed by atoms with van der Waals surface area (Å²) < 4.78 is 2.28.